The van der Waals surface area contributed by atoms with Gasteiger partial charge in [0.15, 0.2) is 0 Å². The van der Waals surface area contributed by atoms with Gasteiger partial charge in [-0.3, -0.25) is 0 Å². The van der Waals surface area contributed by atoms with Gasteiger partial charge >= 0.3 is 0 Å². The number of nitrogens with one attached hydrogen (secondary N) is 1. The summed E-state index contributed by atoms with van der Waals surface area (Å²) < 4.78 is 0. The second-order valence-electron chi connectivity index (χ2n) is 5.50. The lowest BCUT2D eigenvalue weighted by Crippen LogP contribution is -2.23. The largest absolute Gasteiger partial charge is 0.396 e. The van der Waals surface area contributed by atoms with E-state index in [0.717, 1.165) is 26.1 Å². The maximum Gasteiger partial charge on any atom is 0.0431 e. The molecule has 0 aliphatic rings. The van der Waals surface area contributed by atoms with Crippen molar-refractivity contribution >= 4 is 0 Å². The lowest BCUT2D eigenvalue weighted by molar-refractivity contribution is 0.282. The molecule has 0 atom stereocenters. The fourth-order valence-corrected chi connectivity index (χ4v) is 2.36. The number of hydrogen-bond acceptors (Lipinski definition) is 3. The molecule has 0 aromatic carbocycles. The average molecular weight is 272 g/mol. The molecule has 0 amide bonds. The summed E-state index contributed by atoms with van der Waals surface area (Å²) in [6.45, 7) is 3.20. The number of rotatable bonds is 16. The first-order valence-electron chi connectivity index (χ1n) is 8.43. The predicted molar refractivity (Wildman–Crippen MR) is 84.4 cm³/mol. The minimum Gasteiger partial charge on any atom is -0.396 e. The zero-order chi connectivity index (χ0) is 14.0. The van der Waals surface area contributed by atoms with E-state index in [9.17, 15) is 0 Å². The Morgan fingerprint density at radius 1 is 0.579 bits per heavy atom. The van der Waals surface area contributed by atoms with Gasteiger partial charge in [-0.05, 0) is 19.4 Å². The summed E-state index contributed by atoms with van der Waals surface area (Å²) in [6, 6.07) is 0. The monoisotopic (exact) mass is 272 g/mol. The standard InChI is InChI=1S/C16H36N2O/c17-13-15-18-14-11-9-7-5-3-1-2-4-6-8-10-12-16-19/h18-19H,1-17H2. The van der Waals surface area contributed by atoms with Gasteiger partial charge in [-0.1, -0.05) is 64.2 Å². The second-order valence-corrected chi connectivity index (χ2v) is 5.50. The molecule has 3 nitrogen and oxygen atoms in total. The van der Waals surface area contributed by atoms with Crippen LogP contribution in [0.1, 0.15) is 77.0 Å². The van der Waals surface area contributed by atoms with E-state index in [2.05, 4.69) is 5.32 Å². The molecule has 4 N–H and O–H groups in total. The molecular formula is C16H36N2O. The highest BCUT2D eigenvalue weighted by molar-refractivity contribution is 4.51. The highest BCUT2D eigenvalue weighted by atomic mass is 16.2. The minimum atomic E-state index is 0.363. The average Bonchev–Trinajstić information content (AvgIpc) is 2.43. The minimum absolute atomic E-state index is 0.363. The molecule has 0 aliphatic carbocycles. The SMILES string of the molecule is NCCNCCCCCCCCCCCCCCO. The molecule has 0 unspecified atom stereocenters. The molecule has 116 valence electrons. The van der Waals surface area contributed by atoms with Crippen molar-refractivity contribution in [3.05, 3.63) is 0 Å². The molecule has 0 saturated carbocycles. The summed E-state index contributed by atoms with van der Waals surface area (Å²) >= 11 is 0. The van der Waals surface area contributed by atoms with Crippen molar-refractivity contribution in [3.8, 4) is 0 Å². The summed E-state index contributed by atoms with van der Waals surface area (Å²) in [5.41, 5.74) is 5.41. The molecule has 0 spiro atoms. The molecule has 0 aliphatic heterocycles. The Morgan fingerprint density at radius 2 is 1.00 bits per heavy atom. The molecule has 3 heteroatoms. The molecule has 0 rings (SSSR count). The van der Waals surface area contributed by atoms with Crippen LogP contribution in [0.3, 0.4) is 0 Å². The van der Waals surface area contributed by atoms with Gasteiger partial charge in [-0.15, -0.1) is 0 Å². The van der Waals surface area contributed by atoms with Crippen molar-refractivity contribution in [1.82, 2.24) is 5.32 Å². The summed E-state index contributed by atoms with van der Waals surface area (Å²) in [5.74, 6) is 0. The van der Waals surface area contributed by atoms with E-state index in [1.54, 1.807) is 0 Å². The van der Waals surface area contributed by atoms with Gasteiger partial charge in [0, 0.05) is 19.7 Å². The van der Waals surface area contributed by atoms with Crippen LogP contribution < -0.4 is 11.1 Å². The summed E-state index contributed by atoms with van der Waals surface area (Å²) in [7, 11) is 0. The highest BCUT2D eigenvalue weighted by Crippen LogP contribution is 2.11. The van der Waals surface area contributed by atoms with Crippen LogP contribution in [-0.2, 0) is 0 Å². The topological polar surface area (TPSA) is 58.3 Å². The Kier molecular flexibility index (Phi) is 17.8. The summed E-state index contributed by atoms with van der Waals surface area (Å²) in [6.07, 6.45) is 15.9. The molecule has 0 radical (unpaired) electrons. The van der Waals surface area contributed by atoms with Crippen molar-refractivity contribution in [3.63, 3.8) is 0 Å². The lowest BCUT2D eigenvalue weighted by atomic mass is 10.1. The first kappa shape index (κ1) is 18.9. The number of nitrogens with two attached hydrogens (primary N) is 1. The normalized spacial score (nSPS) is 11.1. The molecular weight excluding hydrogens is 236 g/mol. The van der Waals surface area contributed by atoms with Crippen LogP contribution in [0.5, 0.6) is 0 Å². The van der Waals surface area contributed by atoms with Crippen molar-refractivity contribution < 1.29 is 5.11 Å². The van der Waals surface area contributed by atoms with Crippen LogP contribution >= 0.6 is 0 Å². The Bertz CT molecular complexity index is 138. The summed E-state index contributed by atoms with van der Waals surface area (Å²) in [4.78, 5) is 0. The molecule has 0 fully saturated rings. The third-order valence-electron chi connectivity index (χ3n) is 3.58. The van der Waals surface area contributed by atoms with E-state index in [1.165, 1.54) is 70.6 Å². The first-order chi connectivity index (χ1) is 9.41. The first-order valence-corrected chi connectivity index (χ1v) is 8.43. The second kappa shape index (κ2) is 17.9. The van der Waals surface area contributed by atoms with Crippen molar-refractivity contribution in [2.75, 3.05) is 26.2 Å². The van der Waals surface area contributed by atoms with E-state index < -0.39 is 0 Å². The van der Waals surface area contributed by atoms with Crippen molar-refractivity contribution in [2.45, 2.75) is 77.0 Å². The number of aliphatic hydroxyl groups excluding tert-OH is 1. The van der Waals surface area contributed by atoms with Crippen molar-refractivity contribution in [2.24, 2.45) is 5.73 Å². The van der Waals surface area contributed by atoms with Crippen molar-refractivity contribution in [1.29, 1.82) is 0 Å². The van der Waals surface area contributed by atoms with Crippen LogP contribution in [0.4, 0.5) is 0 Å². The quantitative estimate of drug-likeness (QED) is 0.378. The predicted octanol–water partition coefficient (Wildman–Crippen LogP) is 3.21. The van der Waals surface area contributed by atoms with Crippen LogP contribution in [0.25, 0.3) is 0 Å². The molecule has 0 saturated heterocycles. The maximum atomic E-state index is 8.66. The van der Waals surface area contributed by atoms with E-state index in [1.807, 2.05) is 0 Å². The highest BCUT2D eigenvalue weighted by Gasteiger charge is 1.93. The van der Waals surface area contributed by atoms with E-state index in [0.29, 0.717) is 6.61 Å². The number of unbranched alkanes of at least 4 members (excludes halogenated alkanes) is 11. The van der Waals surface area contributed by atoms with Crippen LogP contribution in [0.15, 0.2) is 0 Å². The molecule has 0 heterocycles. The number of hydrogen-bond donors (Lipinski definition) is 3. The zero-order valence-corrected chi connectivity index (χ0v) is 12.8. The van der Waals surface area contributed by atoms with Crippen LogP contribution in [0.2, 0.25) is 0 Å². The fraction of sp³-hybridized carbons (Fsp3) is 1.00. The van der Waals surface area contributed by atoms with E-state index in [4.69, 9.17) is 10.8 Å². The van der Waals surface area contributed by atoms with Gasteiger partial charge in [0.1, 0.15) is 0 Å². The van der Waals surface area contributed by atoms with E-state index in [-0.39, 0.29) is 0 Å². The van der Waals surface area contributed by atoms with Gasteiger partial charge < -0.3 is 16.2 Å². The third-order valence-corrected chi connectivity index (χ3v) is 3.58. The van der Waals surface area contributed by atoms with Gasteiger partial charge in [0.05, 0.1) is 0 Å². The number of aliphatic hydroxyl groups is 1. The molecule has 19 heavy (non-hydrogen) atoms. The van der Waals surface area contributed by atoms with Gasteiger partial charge in [-0.2, -0.15) is 0 Å². The maximum absolute atomic E-state index is 8.66. The van der Waals surface area contributed by atoms with Crippen LogP contribution in [0, 0.1) is 0 Å². The summed E-state index contributed by atoms with van der Waals surface area (Å²) in [5, 5.41) is 12.0. The fourth-order valence-electron chi connectivity index (χ4n) is 2.36. The molecule has 0 aromatic rings. The Balaban J connectivity index is 2.88. The molecule has 0 aromatic heterocycles. The van der Waals surface area contributed by atoms with Gasteiger partial charge in [0.25, 0.3) is 0 Å². The van der Waals surface area contributed by atoms with E-state index >= 15 is 0 Å². The Hall–Kier alpha value is -0.120. The third kappa shape index (κ3) is 17.9. The van der Waals surface area contributed by atoms with Gasteiger partial charge in [-0.25, -0.2) is 0 Å². The zero-order valence-electron chi connectivity index (χ0n) is 12.8. The Labute approximate surface area is 120 Å². The lowest BCUT2D eigenvalue weighted by Gasteiger charge is -2.04. The Morgan fingerprint density at radius 3 is 1.42 bits per heavy atom. The molecule has 0 bridgehead atoms. The van der Waals surface area contributed by atoms with Gasteiger partial charge in [0.2, 0.25) is 0 Å². The van der Waals surface area contributed by atoms with Crippen LogP contribution in [-0.4, -0.2) is 31.3 Å². The smallest absolute Gasteiger partial charge is 0.0431 e.